The van der Waals surface area contributed by atoms with Gasteiger partial charge in [0.05, 0.1) is 6.21 Å². The summed E-state index contributed by atoms with van der Waals surface area (Å²) < 4.78 is 0. The fourth-order valence-corrected chi connectivity index (χ4v) is 1.98. The molecule has 0 atom stereocenters. The summed E-state index contributed by atoms with van der Waals surface area (Å²) >= 11 is 0. The van der Waals surface area contributed by atoms with Crippen LogP contribution in [0.15, 0.2) is 5.10 Å². The average molecular weight is 166 g/mol. The standard InChI is InChI=1S/C9H14N2O/c12-9-6-10-11(7-9)8-4-2-1-3-5-8/h6,8H,1-5,7H2. The van der Waals surface area contributed by atoms with Crippen molar-refractivity contribution in [1.82, 2.24) is 5.01 Å². The summed E-state index contributed by atoms with van der Waals surface area (Å²) in [5, 5.41) is 6.06. The first-order valence-electron chi connectivity index (χ1n) is 4.70. The predicted molar refractivity (Wildman–Crippen MR) is 47.1 cm³/mol. The highest BCUT2D eigenvalue weighted by Gasteiger charge is 2.24. The molecule has 2 rings (SSSR count). The van der Waals surface area contributed by atoms with Crippen LogP contribution >= 0.6 is 0 Å². The molecule has 0 unspecified atom stereocenters. The summed E-state index contributed by atoms with van der Waals surface area (Å²) in [7, 11) is 0. The van der Waals surface area contributed by atoms with E-state index >= 15 is 0 Å². The van der Waals surface area contributed by atoms with Crippen molar-refractivity contribution >= 4 is 12.0 Å². The normalized spacial score (nSPS) is 25.3. The van der Waals surface area contributed by atoms with E-state index in [2.05, 4.69) is 5.10 Å². The third kappa shape index (κ3) is 1.49. The van der Waals surface area contributed by atoms with E-state index in [1.54, 1.807) is 0 Å². The Morgan fingerprint density at radius 2 is 2.08 bits per heavy atom. The van der Waals surface area contributed by atoms with Crippen molar-refractivity contribution in [2.24, 2.45) is 5.10 Å². The molecule has 0 N–H and O–H groups in total. The zero-order valence-corrected chi connectivity index (χ0v) is 7.20. The summed E-state index contributed by atoms with van der Waals surface area (Å²) in [4.78, 5) is 10.9. The number of hydrogen-bond donors (Lipinski definition) is 0. The molecule has 0 bridgehead atoms. The third-order valence-electron chi connectivity index (χ3n) is 2.66. The summed E-state index contributed by atoms with van der Waals surface area (Å²) in [6.45, 7) is 0.519. The summed E-state index contributed by atoms with van der Waals surface area (Å²) in [5.41, 5.74) is 0. The van der Waals surface area contributed by atoms with Gasteiger partial charge in [0.1, 0.15) is 6.54 Å². The second-order valence-corrected chi connectivity index (χ2v) is 3.60. The van der Waals surface area contributed by atoms with Crippen molar-refractivity contribution in [3.05, 3.63) is 0 Å². The molecule has 3 heteroatoms. The second-order valence-electron chi connectivity index (χ2n) is 3.60. The van der Waals surface area contributed by atoms with Crippen molar-refractivity contribution in [2.75, 3.05) is 6.54 Å². The molecule has 66 valence electrons. The average Bonchev–Trinajstić information content (AvgIpc) is 2.54. The Balaban J connectivity index is 1.91. The molecule has 1 fully saturated rings. The molecule has 0 radical (unpaired) electrons. The molecule has 1 heterocycles. The smallest absolute Gasteiger partial charge is 0.196 e. The molecule has 1 saturated carbocycles. The Kier molecular flexibility index (Phi) is 2.11. The van der Waals surface area contributed by atoms with Gasteiger partial charge in [-0.25, -0.2) is 0 Å². The molecule has 1 aliphatic heterocycles. The Hall–Kier alpha value is -0.860. The maximum Gasteiger partial charge on any atom is 0.196 e. The van der Waals surface area contributed by atoms with Crippen molar-refractivity contribution in [3.63, 3.8) is 0 Å². The maximum absolute atomic E-state index is 10.9. The number of carbonyl (C=O) groups is 1. The zero-order chi connectivity index (χ0) is 8.39. The van der Waals surface area contributed by atoms with E-state index in [0.717, 1.165) is 0 Å². The van der Waals surface area contributed by atoms with Crippen LogP contribution in [-0.2, 0) is 4.79 Å². The second kappa shape index (κ2) is 3.25. The van der Waals surface area contributed by atoms with E-state index in [0.29, 0.717) is 12.6 Å². The Morgan fingerprint density at radius 3 is 2.67 bits per heavy atom. The van der Waals surface area contributed by atoms with Gasteiger partial charge in [0.25, 0.3) is 0 Å². The molecule has 0 spiro atoms. The number of carbonyl (C=O) groups excluding carboxylic acids is 1. The van der Waals surface area contributed by atoms with Crippen molar-refractivity contribution in [3.8, 4) is 0 Å². The van der Waals surface area contributed by atoms with Crippen molar-refractivity contribution in [1.29, 1.82) is 0 Å². The van der Waals surface area contributed by atoms with E-state index in [1.807, 2.05) is 5.01 Å². The first-order chi connectivity index (χ1) is 5.86. The topological polar surface area (TPSA) is 32.7 Å². The van der Waals surface area contributed by atoms with Gasteiger partial charge in [0.15, 0.2) is 5.78 Å². The van der Waals surface area contributed by atoms with Crippen molar-refractivity contribution in [2.45, 2.75) is 38.1 Å². The van der Waals surface area contributed by atoms with Gasteiger partial charge in [-0.2, -0.15) is 5.10 Å². The highest BCUT2D eigenvalue weighted by Crippen LogP contribution is 2.23. The molecule has 0 saturated heterocycles. The minimum atomic E-state index is 0.153. The van der Waals surface area contributed by atoms with Gasteiger partial charge in [-0.3, -0.25) is 9.80 Å². The molecule has 1 aliphatic carbocycles. The van der Waals surface area contributed by atoms with Crippen molar-refractivity contribution < 1.29 is 4.79 Å². The lowest BCUT2D eigenvalue weighted by Crippen LogP contribution is -2.32. The predicted octanol–water partition coefficient (Wildman–Crippen LogP) is 1.19. The SMILES string of the molecule is O=C1C=NN(C2CCCCC2)C1. The van der Waals surface area contributed by atoms with Gasteiger partial charge in [0, 0.05) is 6.04 Å². The van der Waals surface area contributed by atoms with E-state index in [9.17, 15) is 4.79 Å². The van der Waals surface area contributed by atoms with Crippen LogP contribution in [0.25, 0.3) is 0 Å². The number of hydrogen-bond acceptors (Lipinski definition) is 3. The summed E-state index contributed by atoms with van der Waals surface area (Å²) in [5.74, 6) is 0.153. The molecule has 0 aromatic rings. The number of hydrazone groups is 1. The van der Waals surface area contributed by atoms with Gasteiger partial charge in [-0.15, -0.1) is 0 Å². The molecule has 0 aromatic heterocycles. The lowest BCUT2D eigenvalue weighted by Gasteiger charge is -2.28. The fourth-order valence-electron chi connectivity index (χ4n) is 1.98. The zero-order valence-electron chi connectivity index (χ0n) is 7.20. The van der Waals surface area contributed by atoms with Crippen LogP contribution in [0.1, 0.15) is 32.1 Å². The molecule has 0 aromatic carbocycles. The third-order valence-corrected chi connectivity index (χ3v) is 2.66. The lowest BCUT2D eigenvalue weighted by atomic mass is 9.95. The molecule has 0 amide bonds. The van der Waals surface area contributed by atoms with E-state index < -0.39 is 0 Å². The highest BCUT2D eigenvalue weighted by molar-refractivity contribution is 6.29. The Bertz CT molecular complexity index is 207. The van der Waals surface area contributed by atoms with Gasteiger partial charge in [-0.05, 0) is 12.8 Å². The highest BCUT2D eigenvalue weighted by atomic mass is 16.1. The van der Waals surface area contributed by atoms with Gasteiger partial charge in [-0.1, -0.05) is 19.3 Å². The maximum atomic E-state index is 10.9. The van der Waals surface area contributed by atoms with E-state index in [4.69, 9.17) is 0 Å². The number of Topliss-reactive ketones (excluding diaryl/α,β-unsaturated/α-hetero) is 1. The van der Waals surface area contributed by atoms with Gasteiger partial charge in [0.2, 0.25) is 0 Å². The summed E-state index contributed by atoms with van der Waals surface area (Å²) in [6.07, 6.45) is 7.82. The fraction of sp³-hybridized carbons (Fsp3) is 0.778. The molecule has 3 nitrogen and oxygen atoms in total. The van der Waals surface area contributed by atoms with Gasteiger partial charge >= 0.3 is 0 Å². The minimum Gasteiger partial charge on any atom is -0.291 e. The van der Waals surface area contributed by atoms with Crippen LogP contribution in [0, 0.1) is 0 Å². The molecular formula is C9H14N2O. The van der Waals surface area contributed by atoms with Crippen LogP contribution in [0.2, 0.25) is 0 Å². The Labute approximate surface area is 72.4 Å². The van der Waals surface area contributed by atoms with Crippen LogP contribution in [0.5, 0.6) is 0 Å². The van der Waals surface area contributed by atoms with Crippen LogP contribution < -0.4 is 0 Å². The largest absolute Gasteiger partial charge is 0.291 e. The Morgan fingerprint density at radius 1 is 1.33 bits per heavy atom. The van der Waals surface area contributed by atoms with Gasteiger partial charge < -0.3 is 0 Å². The molecule has 12 heavy (non-hydrogen) atoms. The molecule has 2 aliphatic rings. The van der Waals surface area contributed by atoms with Crippen LogP contribution in [0.3, 0.4) is 0 Å². The molecular weight excluding hydrogens is 152 g/mol. The van der Waals surface area contributed by atoms with Crippen LogP contribution in [-0.4, -0.2) is 29.6 Å². The number of ketones is 1. The first-order valence-corrected chi connectivity index (χ1v) is 4.70. The number of nitrogens with zero attached hydrogens (tertiary/aromatic N) is 2. The van der Waals surface area contributed by atoms with E-state index in [-0.39, 0.29) is 5.78 Å². The minimum absolute atomic E-state index is 0.153. The monoisotopic (exact) mass is 166 g/mol. The first kappa shape index (κ1) is 7.77. The van der Waals surface area contributed by atoms with E-state index in [1.165, 1.54) is 38.3 Å². The quantitative estimate of drug-likeness (QED) is 0.586. The van der Waals surface area contributed by atoms with Crippen LogP contribution in [0.4, 0.5) is 0 Å². The lowest BCUT2D eigenvalue weighted by molar-refractivity contribution is -0.112. The number of rotatable bonds is 1. The summed E-state index contributed by atoms with van der Waals surface area (Å²) in [6, 6.07) is 0.543.